The van der Waals surface area contributed by atoms with Crippen LogP contribution in [0, 0.1) is 5.92 Å². The Morgan fingerprint density at radius 2 is 1.92 bits per heavy atom. The van der Waals surface area contributed by atoms with E-state index in [-0.39, 0.29) is 18.6 Å². The van der Waals surface area contributed by atoms with E-state index in [9.17, 15) is 22.8 Å². The van der Waals surface area contributed by atoms with Crippen molar-refractivity contribution in [2.24, 2.45) is 13.0 Å². The number of hydrogen-bond acceptors (Lipinski definition) is 5. The van der Waals surface area contributed by atoms with Gasteiger partial charge in [-0.05, 0) is 54.3 Å². The SMILES string of the molecule is CC[C@@H](C(=O)Nc1ccc2nn(C)nc2c1)n1cc2c(cc1=O)-c1cc(Cl)ccc1C[C@@H](C(F)(F)F)CO2. The smallest absolute Gasteiger partial charge is 0.395 e. The quantitative estimate of drug-likeness (QED) is 0.383. The zero-order valence-corrected chi connectivity index (χ0v) is 21.2. The summed E-state index contributed by atoms with van der Waals surface area (Å²) in [6.45, 7) is 1.10. The average molecular weight is 546 g/mol. The van der Waals surface area contributed by atoms with Gasteiger partial charge in [-0.2, -0.15) is 28.2 Å². The van der Waals surface area contributed by atoms with Gasteiger partial charge in [-0.1, -0.05) is 24.6 Å². The van der Waals surface area contributed by atoms with Gasteiger partial charge in [0.1, 0.15) is 29.4 Å². The van der Waals surface area contributed by atoms with Crippen molar-refractivity contribution in [3.05, 3.63) is 69.6 Å². The fourth-order valence-corrected chi connectivity index (χ4v) is 4.81. The van der Waals surface area contributed by atoms with E-state index in [0.29, 0.717) is 38.4 Å². The van der Waals surface area contributed by atoms with Gasteiger partial charge in [0.25, 0.3) is 5.56 Å². The number of hydrogen-bond donors (Lipinski definition) is 1. The second-order valence-electron chi connectivity index (χ2n) is 9.16. The number of nitrogens with zero attached hydrogens (tertiary/aromatic N) is 4. The number of anilines is 1. The monoisotopic (exact) mass is 545 g/mol. The highest BCUT2D eigenvalue weighted by molar-refractivity contribution is 6.30. The lowest BCUT2D eigenvalue weighted by molar-refractivity contribution is -0.181. The van der Waals surface area contributed by atoms with Crippen LogP contribution in [0.1, 0.15) is 24.9 Å². The predicted molar refractivity (Wildman–Crippen MR) is 136 cm³/mol. The number of ether oxygens (including phenoxy) is 1. The summed E-state index contributed by atoms with van der Waals surface area (Å²) in [5.41, 5.74) is 2.33. The highest BCUT2D eigenvalue weighted by Gasteiger charge is 2.41. The number of alkyl halides is 3. The van der Waals surface area contributed by atoms with Gasteiger partial charge in [-0.15, -0.1) is 0 Å². The first-order chi connectivity index (χ1) is 18.0. The summed E-state index contributed by atoms with van der Waals surface area (Å²) in [6.07, 6.45) is -3.25. The molecule has 12 heteroatoms. The van der Waals surface area contributed by atoms with Crippen molar-refractivity contribution in [2.75, 3.05) is 11.9 Å². The van der Waals surface area contributed by atoms with Crippen LogP contribution < -0.4 is 15.6 Å². The van der Waals surface area contributed by atoms with Crippen molar-refractivity contribution in [1.82, 2.24) is 19.6 Å². The first-order valence-electron chi connectivity index (χ1n) is 11.9. The topological polar surface area (TPSA) is 91.0 Å². The summed E-state index contributed by atoms with van der Waals surface area (Å²) >= 11 is 6.15. The van der Waals surface area contributed by atoms with Crippen LogP contribution >= 0.6 is 11.6 Å². The van der Waals surface area contributed by atoms with Crippen LogP contribution in [0.25, 0.3) is 22.2 Å². The summed E-state index contributed by atoms with van der Waals surface area (Å²) in [6, 6.07) is 9.96. The van der Waals surface area contributed by atoms with Crippen molar-refractivity contribution in [3.8, 4) is 16.9 Å². The van der Waals surface area contributed by atoms with Crippen LogP contribution in [-0.4, -0.2) is 38.3 Å². The zero-order valence-electron chi connectivity index (χ0n) is 20.4. The number of fused-ring (bicyclic) bond motifs is 4. The third kappa shape index (κ3) is 4.98. The number of nitrogens with one attached hydrogen (secondary N) is 1. The van der Waals surface area contributed by atoms with Gasteiger partial charge in [-0.3, -0.25) is 14.2 Å². The number of amides is 1. The normalized spacial score (nSPS) is 16.1. The molecule has 5 rings (SSSR count). The Labute approximate surface area is 220 Å². The van der Waals surface area contributed by atoms with Crippen molar-refractivity contribution in [1.29, 1.82) is 0 Å². The van der Waals surface area contributed by atoms with Gasteiger partial charge in [0.15, 0.2) is 0 Å². The number of pyridine rings is 1. The van der Waals surface area contributed by atoms with Gasteiger partial charge in [-0.25, -0.2) is 0 Å². The molecule has 0 radical (unpaired) electrons. The summed E-state index contributed by atoms with van der Waals surface area (Å²) in [5.74, 6) is -2.16. The van der Waals surface area contributed by atoms with Crippen LogP contribution in [0.15, 0.2) is 53.5 Å². The molecule has 0 unspecified atom stereocenters. The van der Waals surface area contributed by atoms with E-state index in [1.54, 1.807) is 32.2 Å². The minimum Gasteiger partial charge on any atom is -0.491 e. The molecule has 2 aromatic heterocycles. The van der Waals surface area contributed by atoms with E-state index in [0.717, 1.165) is 0 Å². The number of halogens is 4. The van der Waals surface area contributed by atoms with Crippen LogP contribution in [0.3, 0.4) is 0 Å². The Balaban J connectivity index is 1.52. The molecular weight excluding hydrogens is 523 g/mol. The Hall–Kier alpha value is -3.86. The molecule has 1 aliphatic heterocycles. The third-order valence-electron chi connectivity index (χ3n) is 6.55. The molecule has 8 nitrogen and oxygen atoms in total. The fourth-order valence-electron chi connectivity index (χ4n) is 4.63. The predicted octanol–water partition coefficient (Wildman–Crippen LogP) is 5.15. The first kappa shape index (κ1) is 25.8. The summed E-state index contributed by atoms with van der Waals surface area (Å²) < 4.78 is 48.0. The number of benzene rings is 2. The lowest BCUT2D eigenvalue weighted by atomic mass is 9.91. The van der Waals surface area contributed by atoms with E-state index in [4.69, 9.17) is 16.3 Å². The first-order valence-corrected chi connectivity index (χ1v) is 12.3. The molecule has 0 spiro atoms. The fraction of sp³-hybridized carbons (Fsp3) is 0.308. The van der Waals surface area contributed by atoms with Crippen LogP contribution in [0.5, 0.6) is 5.75 Å². The second-order valence-corrected chi connectivity index (χ2v) is 9.59. The molecule has 38 heavy (non-hydrogen) atoms. The molecular formula is C26H23ClF3N5O3. The molecule has 1 amide bonds. The Morgan fingerprint density at radius 3 is 2.66 bits per heavy atom. The maximum atomic E-state index is 13.7. The highest BCUT2D eigenvalue weighted by atomic mass is 35.5. The van der Waals surface area contributed by atoms with Crippen molar-refractivity contribution < 1.29 is 22.7 Å². The molecule has 2 aromatic carbocycles. The van der Waals surface area contributed by atoms with E-state index in [1.807, 2.05) is 0 Å². The zero-order chi connectivity index (χ0) is 27.2. The van der Waals surface area contributed by atoms with E-state index in [2.05, 4.69) is 15.5 Å². The number of aryl methyl sites for hydroxylation is 1. The molecule has 0 saturated heterocycles. The van der Waals surface area contributed by atoms with E-state index < -0.39 is 36.2 Å². The molecule has 3 heterocycles. The van der Waals surface area contributed by atoms with Crippen LogP contribution in [0.2, 0.25) is 5.02 Å². The summed E-state index contributed by atoms with van der Waals surface area (Å²) in [7, 11) is 1.68. The van der Waals surface area contributed by atoms with Crippen molar-refractivity contribution in [3.63, 3.8) is 0 Å². The maximum absolute atomic E-state index is 13.7. The molecule has 0 aliphatic carbocycles. The lowest BCUT2D eigenvalue weighted by Crippen LogP contribution is -2.34. The minimum absolute atomic E-state index is 0.0642. The lowest BCUT2D eigenvalue weighted by Gasteiger charge is -2.27. The van der Waals surface area contributed by atoms with Crippen LogP contribution in [-0.2, 0) is 18.3 Å². The standard InChI is InChI=1S/C26H23ClF3N5O3/c1-3-22(25(37)31-17-6-7-20-21(10-17)33-34(2)32-20)35-12-23-19(11-24(35)36)18-9-16(27)5-4-14(18)8-15(13-38-23)26(28,29)30/h4-7,9-12,15,22H,3,8,13H2,1-2H3,(H,31,37)/t15-,22+/m1/s1. The maximum Gasteiger partial charge on any atom is 0.395 e. The van der Waals surface area contributed by atoms with Crippen molar-refractivity contribution in [2.45, 2.75) is 32.0 Å². The average Bonchev–Trinajstić information content (AvgIpc) is 3.21. The minimum atomic E-state index is -4.49. The second kappa shape index (κ2) is 9.79. The van der Waals surface area contributed by atoms with E-state index >= 15 is 0 Å². The molecule has 0 saturated carbocycles. The highest BCUT2D eigenvalue weighted by Crippen LogP contribution is 2.40. The number of rotatable bonds is 4. The Kier molecular flexibility index (Phi) is 6.64. The van der Waals surface area contributed by atoms with Crippen LogP contribution in [0.4, 0.5) is 18.9 Å². The van der Waals surface area contributed by atoms with Gasteiger partial charge in [0.05, 0.1) is 12.1 Å². The van der Waals surface area contributed by atoms with Crippen molar-refractivity contribution >= 4 is 34.2 Å². The van der Waals surface area contributed by atoms with E-state index in [1.165, 1.54) is 39.8 Å². The largest absolute Gasteiger partial charge is 0.491 e. The molecule has 1 aliphatic rings. The Bertz CT molecular complexity index is 1600. The molecule has 0 fully saturated rings. The van der Waals surface area contributed by atoms with Gasteiger partial charge in [0, 0.05) is 29.4 Å². The number of carbonyl (C=O) groups is 1. The molecule has 198 valence electrons. The molecule has 4 aromatic rings. The third-order valence-corrected chi connectivity index (χ3v) is 6.78. The molecule has 2 atom stereocenters. The Morgan fingerprint density at radius 1 is 1.16 bits per heavy atom. The van der Waals surface area contributed by atoms with Gasteiger partial charge < -0.3 is 10.1 Å². The molecule has 1 N–H and O–H groups in total. The summed E-state index contributed by atoms with van der Waals surface area (Å²) in [4.78, 5) is 27.9. The van der Waals surface area contributed by atoms with Gasteiger partial charge in [0.2, 0.25) is 5.91 Å². The molecule has 0 bridgehead atoms. The number of carbonyl (C=O) groups excluding carboxylic acids is 1. The number of aromatic nitrogens is 4. The summed E-state index contributed by atoms with van der Waals surface area (Å²) in [5, 5.41) is 11.5. The van der Waals surface area contributed by atoms with Gasteiger partial charge >= 0.3 is 6.18 Å².